The summed E-state index contributed by atoms with van der Waals surface area (Å²) >= 11 is 0. The van der Waals surface area contributed by atoms with Gasteiger partial charge in [-0.2, -0.15) is 0 Å². The summed E-state index contributed by atoms with van der Waals surface area (Å²) in [6.45, 7) is 3.77. The molecule has 6 nitrogen and oxygen atoms in total. The molecule has 1 aromatic carbocycles. The molecule has 134 valence electrons. The molecule has 1 amide bonds. The first-order valence-corrected chi connectivity index (χ1v) is 9.16. The van der Waals surface area contributed by atoms with Gasteiger partial charge in [0.2, 0.25) is 5.91 Å². The zero-order valence-electron chi connectivity index (χ0n) is 14.2. The van der Waals surface area contributed by atoms with Crippen LogP contribution in [-0.4, -0.2) is 46.2 Å². The van der Waals surface area contributed by atoms with Crippen molar-refractivity contribution < 1.29 is 23.6 Å². The summed E-state index contributed by atoms with van der Waals surface area (Å²) in [4.78, 5) is 24.5. The van der Waals surface area contributed by atoms with Crippen molar-refractivity contribution in [3.05, 3.63) is 30.3 Å². The number of methoxy groups -OCH3 is 1. The van der Waals surface area contributed by atoms with Crippen molar-refractivity contribution in [1.82, 2.24) is 5.32 Å². The van der Waals surface area contributed by atoms with Crippen molar-refractivity contribution in [2.75, 3.05) is 12.9 Å². The second-order valence-electron chi connectivity index (χ2n) is 5.88. The lowest BCUT2D eigenvalue weighted by atomic mass is 10.1. The highest BCUT2D eigenvalue weighted by Gasteiger charge is 2.26. The van der Waals surface area contributed by atoms with Crippen LogP contribution < -0.4 is 5.32 Å². The monoisotopic (exact) mass is 355 g/mol. The number of hydrogen-bond acceptors (Lipinski definition) is 5. The molecule has 0 aromatic heterocycles. The van der Waals surface area contributed by atoms with Crippen molar-refractivity contribution in [1.29, 1.82) is 0 Å². The van der Waals surface area contributed by atoms with Gasteiger partial charge in [0.05, 0.1) is 17.9 Å². The SMILES string of the molecule is COC(=O)[C@@H](CC[S@@](=O)c1ccccc1)NC(=O)[C@@H](O)CC(C)C. The van der Waals surface area contributed by atoms with Gasteiger partial charge in [-0.05, 0) is 30.9 Å². The number of aliphatic hydroxyl groups is 1. The van der Waals surface area contributed by atoms with Crippen LogP contribution in [0.5, 0.6) is 0 Å². The van der Waals surface area contributed by atoms with Crippen molar-refractivity contribution in [3.8, 4) is 0 Å². The highest BCUT2D eigenvalue weighted by Crippen LogP contribution is 2.09. The molecule has 0 radical (unpaired) electrons. The first-order valence-electron chi connectivity index (χ1n) is 7.84. The molecule has 0 aliphatic carbocycles. The number of rotatable bonds is 9. The number of esters is 1. The van der Waals surface area contributed by atoms with Crippen LogP contribution in [-0.2, 0) is 25.1 Å². The summed E-state index contributed by atoms with van der Waals surface area (Å²) in [6, 6.07) is 7.96. The number of carbonyl (C=O) groups excluding carboxylic acids is 2. The Hall–Kier alpha value is -1.73. The molecule has 7 heteroatoms. The van der Waals surface area contributed by atoms with E-state index in [1.54, 1.807) is 24.3 Å². The van der Waals surface area contributed by atoms with Gasteiger partial charge in [0, 0.05) is 10.6 Å². The van der Waals surface area contributed by atoms with Gasteiger partial charge in [0.1, 0.15) is 12.1 Å². The van der Waals surface area contributed by atoms with E-state index in [0.717, 1.165) is 0 Å². The molecule has 1 aromatic rings. The number of hydrogen-bond donors (Lipinski definition) is 2. The van der Waals surface area contributed by atoms with E-state index in [0.29, 0.717) is 11.3 Å². The lowest BCUT2D eigenvalue weighted by Gasteiger charge is -2.19. The second-order valence-corrected chi connectivity index (χ2v) is 7.45. The number of ether oxygens (including phenoxy) is 1. The van der Waals surface area contributed by atoms with Gasteiger partial charge >= 0.3 is 5.97 Å². The van der Waals surface area contributed by atoms with E-state index < -0.39 is 34.8 Å². The maximum atomic E-state index is 12.2. The molecule has 2 N–H and O–H groups in total. The highest BCUT2D eigenvalue weighted by molar-refractivity contribution is 7.85. The molecule has 3 atom stereocenters. The summed E-state index contributed by atoms with van der Waals surface area (Å²) in [7, 11) is -0.0563. The molecule has 0 heterocycles. The first-order chi connectivity index (χ1) is 11.3. The molecule has 0 unspecified atom stereocenters. The summed E-state index contributed by atoms with van der Waals surface area (Å²) in [5.41, 5.74) is 0. The van der Waals surface area contributed by atoms with Gasteiger partial charge in [0.15, 0.2) is 0 Å². The number of amides is 1. The summed E-state index contributed by atoms with van der Waals surface area (Å²) in [5.74, 6) is -0.896. The predicted octanol–water partition coefficient (Wildman–Crippen LogP) is 1.25. The van der Waals surface area contributed by atoms with Gasteiger partial charge in [0.25, 0.3) is 0 Å². The molecule has 0 saturated carbocycles. The van der Waals surface area contributed by atoms with Crippen LogP contribution in [0, 0.1) is 5.92 Å². The second kappa shape index (κ2) is 10.2. The van der Waals surface area contributed by atoms with Gasteiger partial charge in [-0.1, -0.05) is 32.0 Å². The molecule has 0 aliphatic rings. The van der Waals surface area contributed by atoms with E-state index in [4.69, 9.17) is 0 Å². The van der Waals surface area contributed by atoms with Gasteiger partial charge in [-0.25, -0.2) is 4.79 Å². The normalized spacial score (nSPS) is 14.7. The quantitative estimate of drug-likeness (QED) is 0.650. The third-order valence-electron chi connectivity index (χ3n) is 3.40. The summed E-state index contributed by atoms with van der Waals surface area (Å²) < 4.78 is 16.9. The Morgan fingerprint density at radius 3 is 2.42 bits per heavy atom. The molecule has 0 fully saturated rings. The maximum absolute atomic E-state index is 12.2. The first kappa shape index (κ1) is 20.3. The molecule has 0 aliphatic heterocycles. The number of carbonyl (C=O) groups is 2. The fraction of sp³-hybridized carbons (Fsp3) is 0.529. The predicted molar refractivity (Wildman–Crippen MR) is 91.7 cm³/mol. The Kier molecular flexibility index (Phi) is 8.63. The molecule has 0 saturated heterocycles. The van der Waals surface area contributed by atoms with Crippen LogP contribution >= 0.6 is 0 Å². The highest BCUT2D eigenvalue weighted by atomic mass is 32.2. The van der Waals surface area contributed by atoms with Crippen molar-refractivity contribution in [2.45, 2.75) is 43.7 Å². The van der Waals surface area contributed by atoms with Gasteiger partial charge in [-0.3, -0.25) is 9.00 Å². The Labute approximate surface area is 145 Å². The fourth-order valence-electron chi connectivity index (χ4n) is 2.13. The average molecular weight is 355 g/mol. The Bertz CT molecular complexity index is 561. The summed E-state index contributed by atoms with van der Waals surface area (Å²) in [5, 5.41) is 12.3. The number of nitrogens with one attached hydrogen (secondary N) is 1. The van der Waals surface area contributed by atoms with Crippen LogP contribution in [0.3, 0.4) is 0 Å². The molecular weight excluding hydrogens is 330 g/mol. The topological polar surface area (TPSA) is 92.7 Å². The average Bonchev–Trinajstić information content (AvgIpc) is 2.57. The van der Waals surface area contributed by atoms with E-state index in [-0.39, 0.29) is 18.1 Å². The molecule has 24 heavy (non-hydrogen) atoms. The van der Waals surface area contributed by atoms with E-state index in [1.165, 1.54) is 7.11 Å². The van der Waals surface area contributed by atoms with E-state index >= 15 is 0 Å². The molecular formula is C17H25NO5S. The molecule has 1 rings (SSSR count). The Morgan fingerprint density at radius 2 is 1.88 bits per heavy atom. The number of aliphatic hydroxyl groups excluding tert-OH is 1. The van der Waals surface area contributed by atoms with Crippen molar-refractivity contribution >= 4 is 22.7 Å². The van der Waals surface area contributed by atoms with Crippen molar-refractivity contribution in [3.63, 3.8) is 0 Å². The third-order valence-corrected chi connectivity index (χ3v) is 4.80. The Morgan fingerprint density at radius 1 is 1.25 bits per heavy atom. The van der Waals surface area contributed by atoms with E-state index in [1.807, 2.05) is 19.9 Å². The maximum Gasteiger partial charge on any atom is 0.328 e. The van der Waals surface area contributed by atoms with Crippen LogP contribution in [0.15, 0.2) is 35.2 Å². The van der Waals surface area contributed by atoms with Crippen LogP contribution in [0.2, 0.25) is 0 Å². The van der Waals surface area contributed by atoms with Crippen molar-refractivity contribution in [2.24, 2.45) is 5.92 Å². The van der Waals surface area contributed by atoms with E-state index in [2.05, 4.69) is 10.1 Å². The third kappa shape index (κ3) is 6.80. The lowest BCUT2D eigenvalue weighted by molar-refractivity contribution is -0.146. The standard InChI is InChI=1S/C17H25NO5S/c1-12(2)11-15(19)16(20)18-14(17(21)23-3)9-10-24(22)13-7-5-4-6-8-13/h4-8,12,14-15,19H,9-11H2,1-3H3,(H,18,20)/t14-,15+,24-/m1/s1. The summed E-state index contributed by atoms with van der Waals surface area (Å²) in [6.07, 6.45) is -0.721. The van der Waals surface area contributed by atoms with Gasteiger partial charge in [-0.15, -0.1) is 0 Å². The minimum absolute atomic E-state index is 0.146. The number of benzene rings is 1. The lowest BCUT2D eigenvalue weighted by Crippen LogP contribution is -2.46. The Balaban J connectivity index is 2.64. The van der Waals surface area contributed by atoms with Crippen LogP contribution in [0.1, 0.15) is 26.7 Å². The molecule has 0 spiro atoms. The zero-order chi connectivity index (χ0) is 18.1. The molecule has 0 bridgehead atoms. The van der Waals surface area contributed by atoms with Crippen LogP contribution in [0.25, 0.3) is 0 Å². The fourth-order valence-corrected chi connectivity index (χ4v) is 3.27. The minimum atomic E-state index is -1.28. The van der Waals surface area contributed by atoms with Crippen LogP contribution in [0.4, 0.5) is 0 Å². The largest absolute Gasteiger partial charge is 0.467 e. The zero-order valence-corrected chi connectivity index (χ0v) is 15.0. The van der Waals surface area contributed by atoms with Gasteiger partial charge < -0.3 is 15.2 Å². The van der Waals surface area contributed by atoms with E-state index in [9.17, 15) is 18.9 Å². The minimum Gasteiger partial charge on any atom is -0.467 e. The smallest absolute Gasteiger partial charge is 0.328 e.